The van der Waals surface area contributed by atoms with Crippen LogP contribution >= 0.6 is 23.2 Å². The molecule has 0 spiro atoms. The first kappa shape index (κ1) is 18.7. The summed E-state index contributed by atoms with van der Waals surface area (Å²) in [5.41, 5.74) is 6.13. The summed E-state index contributed by atoms with van der Waals surface area (Å²) in [5.74, 6) is -0.348. The number of rotatable bonds is 4. The summed E-state index contributed by atoms with van der Waals surface area (Å²) in [6, 6.07) is 6.84. The van der Waals surface area contributed by atoms with Crippen LogP contribution in [0.4, 0.5) is 5.69 Å². The predicted molar refractivity (Wildman–Crippen MR) is 110 cm³/mol. The minimum Gasteiger partial charge on any atom is -0.322 e. The highest BCUT2D eigenvalue weighted by atomic mass is 35.5. The van der Waals surface area contributed by atoms with Crippen LogP contribution in [-0.4, -0.2) is 37.9 Å². The van der Waals surface area contributed by atoms with Crippen molar-refractivity contribution in [3.05, 3.63) is 51.8 Å². The van der Waals surface area contributed by atoms with Gasteiger partial charge in [-0.05, 0) is 38.1 Å². The Morgan fingerprint density at radius 3 is 2.68 bits per heavy atom. The highest BCUT2D eigenvalue weighted by molar-refractivity contribution is 6.39. The summed E-state index contributed by atoms with van der Waals surface area (Å²) in [6.07, 6.45) is 1.46. The molecule has 0 radical (unpaired) electrons. The smallest absolute Gasteiger partial charge is 0.258 e. The number of hydrogen-bond acceptors (Lipinski definition) is 6. The number of fused-ring (bicyclic) bond motifs is 1. The molecule has 1 aromatic carbocycles. The summed E-state index contributed by atoms with van der Waals surface area (Å²) in [4.78, 5) is 17.1. The van der Waals surface area contributed by atoms with E-state index in [4.69, 9.17) is 23.2 Å². The fourth-order valence-electron chi connectivity index (χ4n) is 3.01. The third-order valence-electron chi connectivity index (χ3n) is 4.33. The summed E-state index contributed by atoms with van der Waals surface area (Å²) in [6.45, 7) is 4.92. The maximum atomic E-state index is 12.7. The van der Waals surface area contributed by atoms with Crippen LogP contribution in [0, 0.1) is 6.92 Å². The molecular weight excluding hydrogens is 401 g/mol. The van der Waals surface area contributed by atoms with Gasteiger partial charge in [0.1, 0.15) is 6.67 Å². The number of nitrogens with one attached hydrogen (secondary N) is 2. The average Bonchev–Trinajstić information content (AvgIpc) is 3.21. The molecule has 0 bridgehead atoms. The van der Waals surface area contributed by atoms with Crippen LogP contribution in [0.15, 0.2) is 35.6 Å². The van der Waals surface area contributed by atoms with Gasteiger partial charge in [-0.2, -0.15) is 15.2 Å². The fraction of sp³-hybridized carbons (Fsp3) is 0.222. The van der Waals surface area contributed by atoms with Crippen LogP contribution in [0.25, 0.3) is 11.0 Å². The Morgan fingerprint density at radius 1 is 1.25 bits per heavy atom. The van der Waals surface area contributed by atoms with Crippen molar-refractivity contribution in [2.75, 3.05) is 11.9 Å². The van der Waals surface area contributed by atoms with Gasteiger partial charge >= 0.3 is 0 Å². The maximum absolute atomic E-state index is 12.7. The number of carbonyl (C=O) groups excluding carboxylic acids is 1. The summed E-state index contributed by atoms with van der Waals surface area (Å²) in [7, 11) is 0. The number of hydrazone groups is 1. The van der Waals surface area contributed by atoms with E-state index in [1.165, 1.54) is 6.20 Å². The molecule has 0 saturated carbocycles. The van der Waals surface area contributed by atoms with E-state index in [1.807, 2.05) is 18.9 Å². The Kier molecular flexibility index (Phi) is 4.92. The van der Waals surface area contributed by atoms with E-state index < -0.39 is 0 Å². The molecule has 8 nitrogen and oxygen atoms in total. The number of halogens is 2. The topological polar surface area (TPSA) is 87.4 Å². The van der Waals surface area contributed by atoms with Crippen molar-refractivity contribution in [2.45, 2.75) is 20.5 Å². The van der Waals surface area contributed by atoms with E-state index in [0.29, 0.717) is 45.7 Å². The fourth-order valence-corrected chi connectivity index (χ4v) is 3.49. The number of carbonyl (C=O) groups is 1. The third kappa shape index (κ3) is 3.54. The Labute approximate surface area is 171 Å². The number of hydrogen-bond donors (Lipinski definition) is 2. The number of hydrazine groups is 1. The van der Waals surface area contributed by atoms with Crippen molar-refractivity contribution in [3.8, 4) is 0 Å². The Hall–Kier alpha value is -2.68. The Morgan fingerprint density at radius 2 is 2.00 bits per heavy atom. The summed E-state index contributed by atoms with van der Waals surface area (Å²) in [5, 5.41) is 14.9. The zero-order valence-electron chi connectivity index (χ0n) is 15.2. The lowest BCUT2D eigenvalue weighted by atomic mass is 10.2. The molecule has 0 atom stereocenters. The number of pyridine rings is 1. The summed E-state index contributed by atoms with van der Waals surface area (Å²) < 4.78 is 1.73. The van der Waals surface area contributed by atoms with Crippen molar-refractivity contribution < 1.29 is 4.79 Å². The normalized spacial score (nSPS) is 14.2. The second-order valence-electron chi connectivity index (χ2n) is 6.52. The molecule has 4 rings (SSSR count). The van der Waals surface area contributed by atoms with Gasteiger partial charge in [0.15, 0.2) is 5.65 Å². The highest BCUT2D eigenvalue weighted by Crippen LogP contribution is 2.29. The minimum absolute atomic E-state index is 0.283. The van der Waals surface area contributed by atoms with E-state index in [1.54, 1.807) is 28.9 Å². The lowest BCUT2D eigenvalue weighted by Crippen LogP contribution is -2.33. The van der Waals surface area contributed by atoms with Gasteiger partial charge in [-0.15, -0.1) is 0 Å². The highest BCUT2D eigenvalue weighted by Gasteiger charge is 2.21. The predicted octanol–water partition coefficient (Wildman–Crippen LogP) is 3.45. The van der Waals surface area contributed by atoms with Gasteiger partial charge in [0.2, 0.25) is 0 Å². The second kappa shape index (κ2) is 7.38. The quantitative estimate of drug-likeness (QED) is 0.678. The summed E-state index contributed by atoms with van der Waals surface area (Å²) >= 11 is 12.4. The van der Waals surface area contributed by atoms with Crippen LogP contribution in [0.1, 0.15) is 23.0 Å². The molecule has 0 saturated heterocycles. The first-order valence-electron chi connectivity index (χ1n) is 8.54. The molecule has 3 aromatic rings. The monoisotopic (exact) mass is 417 g/mol. The number of anilines is 1. The van der Waals surface area contributed by atoms with Gasteiger partial charge in [0.25, 0.3) is 5.91 Å². The van der Waals surface area contributed by atoms with Crippen LogP contribution in [0.2, 0.25) is 10.0 Å². The van der Waals surface area contributed by atoms with E-state index in [2.05, 4.69) is 26.0 Å². The molecule has 0 fully saturated rings. The zero-order valence-corrected chi connectivity index (χ0v) is 16.7. The molecule has 1 aliphatic heterocycles. The van der Waals surface area contributed by atoms with Crippen LogP contribution in [0.5, 0.6) is 0 Å². The van der Waals surface area contributed by atoms with Crippen molar-refractivity contribution >= 4 is 51.5 Å². The molecule has 0 aliphatic carbocycles. The lowest BCUT2D eigenvalue weighted by Gasteiger charge is -2.14. The third-order valence-corrected chi connectivity index (χ3v) is 4.97. The molecular formula is C18H17Cl2N7O. The maximum Gasteiger partial charge on any atom is 0.258 e. The van der Waals surface area contributed by atoms with Gasteiger partial charge in [-0.1, -0.05) is 23.2 Å². The number of nitrogens with zero attached hydrogens (tertiary/aromatic N) is 5. The van der Waals surface area contributed by atoms with Gasteiger partial charge in [-0.25, -0.2) is 15.2 Å². The molecule has 0 unspecified atom stereocenters. The van der Waals surface area contributed by atoms with Crippen LogP contribution in [-0.2, 0) is 6.67 Å². The van der Waals surface area contributed by atoms with Gasteiger partial charge < -0.3 is 5.32 Å². The van der Waals surface area contributed by atoms with E-state index in [-0.39, 0.29) is 11.5 Å². The standard InChI is InChI=1S/C18H17Cl2N7O/c1-10-8-26(25-23-10)9-27-17-15(11(2)24-27)16(20)14(7-21-17)18(28)22-13-5-3-12(19)4-6-13/h3-7,25H,8-9H2,1-2H3,(H,22,28). The zero-order chi connectivity index (χ0) is 19.8. The Bertz CT molecular complexity index is 1090. The van der Waals surface area contributed by atoms with Crippen molar-refractivity contribution in [1.82, 2.24) is 25.3 Å². The molecule has 28 heavy (non-hydrogen) atoms. The number of benzene rings is 1. The van der Waals surface area contributed by atoms with Crippen LogP contribution < -0.4 is 10.9 Å². The van der Waals surface area contributed by atoms with Gasteiger partial charge in [-0.3, -0.25) is 4.79 Å². The molecule has 10 heteroatoms. The van der Waals surface area contributed by atoms with E-state index in [0.717, 1.165) is 5.71 Å². The lowest BCUT2D eigenvalue weighted by molar-refractivity contribution is 0.102. The van der Waals surface area contributed by atoms with Crippen molar-refractivity contribution in [3.63, 3.8) is 0 Å². The SMILES string of the molecule is CC1=NNN(Cn2nc(C)c3c(Cl)c(C(=O)Nc4ccc(Cl)cc4)cnc32)C1. The second-order valence-corrected chi connectivity index (χ2v) is 7.33. The number of aryl methyl sites for hydroxylation is 1. The first-order chi connectivity index (χ1) is 13.4. The minimum atomic E-state index is -0.348. The van der Waals surface area contributed by atoms with E-state index >= 15 is 0 Å². The molecule has 3 heterocycles. The van der Waals surface area contributed by atoms with Crippen molar-refractivity contribution in [2.24, 2.45) is 5.10 Å². The molecule has 1 aliphatic rings. The molecule has 144 valence electrons. The van der Waals surface area contributed by atoms with E-state index in [9.17, 15) is 4.79 Å². The Balaban J connectivity index is 1.62. The molecule has 2 aromatic heterocycles. The van der Waals surface area contributed by atoms with Crippen molar-refractivity contribution in [1.29, 1.82) is 0 Å². The van der Waals surface area contributed by atoms with Crippen LogP contribution in [0.3, 0.4) is 0 Å². The number of amides is 1. The largest absolute Gasteiger partial charge is 0.322 e. The molecule has 2 N–H and O–H groups in total. The number of aromatic nitrogens is 3. The molecule has 1 amide bonds. The van der Waals surface area contributed by atoms with Gasteiger partial charge in [0.05, 0.1) is 33.9 Å². The first-order valence-corrected chi connectivity index (χ1v) is 9.30. The average molecular weight is 418 g/mol. The van der Waals surface area contributed by atoms with Gasteiger partial charge in [0, 0.05) is 16.9 Å².